The molecule has 1 saturated heterocycles. The van der Waals surface area contributed by atoms with Gasteiger partial charge in [-0.2, -0.15) is 0 Å². The predicted octanol–water partition coefficient (Wildman–Crippen LogP) is 1.19. The Bertz CT molecular complexity index is 1170. The van der Waals surface area contributed by atoms with Crippen molar-refractivity contribution in [3.05, 3.63) is 51.6 Å². The minimum absolute atomic E-state index is 0.0515. The maximum absolute atomic E-state index is 12.9. The van der Waals surface area contributed by atoms with Gasteiger partial charge in [0, 0.05) is 48.9 Å². The van der Waals surface area contributed by atoms with Crippen molar-refractivity contribution in [1.29, 1.82) is 0 Å². The number of rotatable bonds is 2. The second kappa shape index (κ2) is 6.66. The van der Waals surface area contributed by atoms with Crippen LogP contribution in [0, 0.1) is 5.92 Å². The van der Waals surface area contributed by atoms with Gasteiger partial charge in [0.1, 0.15) is 17.0 Å². The van der Waals surface area contributed by atoms with E-state index in [0.29, 0.717) is 46.7 Å². The third-order valence-electron chi connectivity index (χ3n) is 5.56. The second-order valence-corrected chi connectivity index (χ2v) is 8.58. The summed E-state index contributed by atoms with van der Waals surface area (Å²) in [6, 6.07) is 5.24. The number of nitrogens with zero attached hydrogens (tertiary/aromatic N) is 5. The summed E-state index contributed by atoms with van der Waals surface area (Å²) < 4.78 is 1.83. The monoisotopic (exact) mass is 409 g/mol. The molecule has 0 aliphatic carbocycles. The summed E-state index contributed by atoms with van der Waals surface area (Å²) >= 11 is 1.20. The first kappa shape index (κ1) is 17.8. The number of amides is 1. The Kier molecular flexibility index (Phi) is 4.09. The van der Waals surface area contributed by atoms with Crippen LogP contribution in [0.3, 0.4) is 0 Å². The van der Waals surface area contributed by atoms with E-state index in [0.717, 1.165) is 12.1 Å². The molecule has 3 aromatic rings. The van der Waals surface area contributed by atoms with Crippen LogP contribution in [-0.4, -0.2) is 43.4 Å². The van der Waals surface area contributed by atoms with Crippen LogP contribution in [0.5, 0.6) is 0 Å². The highest BCUT2D eigenvalue weighted by molar-refractivity contribution is 7.17. The van der Waals surface area contributed by atoms with Gasteiger partial charge in [-0.1, -0.05) is 11.3 Å². The number of hydrogen-bond acceptors (Lipinski definition) is 8. The van der Waals surface area contributed by atoms with E-state index in [4.69, 9.17) is 11.5 Å². The fourth-order valence-corrected chi connectivity index (χ4v) is 5.00. The predicted molar refractivity (Wildman–Crippen MR) is 109 cm³/mol. The van der Waals surface area contributed by atoms with Crippen LogP contribution in [-0.2, 0) is 6.54 Å². The number of nitrogens with two attached hydrogens (primary N) is 2. The van der Waals surface area contributed by atoms with Crippen molar-refractivity contribution >= 4 is 28.2 Å². The van der Waals surface area contributed by atoms with Crippen molar-refractivity contribution in [2.45, 2.75) is 18.9 Å². The first-order valence-electron chi connectivity index (χ1n) is 9.31. The van der Waals surface area contributed by atoms with Crippen molar-refractivity contribution in [3.63, 3.8) is 0 Å². The highest BCUT2D eigenvalue weighted by atomic mass is 32.1. The summed E-state index contributed by atoms with van der Waals surface area (Å²) in [7, 11) is 0. The number of pyridine rings is 1. The lowest BCUT2D eigenvalue weighted by atomic mass is 9.82. The van der Waals surface area contributed by atoms with Gasteiger partial charge in [-0.3, -0.25) is 9.59 Å². The van der Waals surface area contributed by atoms with Crippen LogP contribution >= 0.6 is 11.3 Å². The zero-order valence-electron chi connectivity index (χ0n) is 15.5. The smallest absolute Gasteiger partial charge is 0.265 e. The molecule has 4 N–H and O–H groups in total. The normalized spacial score (nSPS) is 20.3. The zero-order chi connectivity index (χ0) is 20.1. The number of likely N-dealkylation sites (tertiary alicyclic amines) is 1. The van der Waals surface area contributed by atoms with Crippen molar-refractivity contribution < 1.29 is 4.79 Å². The number of hydrogen-bond donors (Lipinski definition) is 2. The largest absolute Gasteiger partial charge is 0.384 e. The Morgan fingerprint density at radius 1 is 1.10 bits per heavy atom. The van der Waals surface area contributed by atoms with Gasteiger partial charge in [-0.15, -0.1) is 0 Å². The Morgan fingerprint density at radius 2 is 1.97 bits per heavy atom. The maximum Gasteiger partial charge on any atom is 0.265 e. The molecule has 10 heteroatoms. The van der Waals surface area contributed by atoms with Gasteiger partial charge in [0.05, 0.1) is 11.9 Å². The number of thiazole rings is 1. The summed E-state index contributed by atoms with van der Waals surface area (Å²) in [6.07, 6.45) is 3.87. The van der Waals surface area contributed by atoms with Gasteiger partial charge in [0.2, 0.25) is 0 Å². The minimum atomic E-state index is -0.0561. The van der Waals surface area contributed by atoms with Gasteiger partial charge in [-0.25, -0.2) is 15.0 Å². The fraction of sp³-hybridized carbons (Fsp3) is 0.316. The van der Waals surface area contributed by atoms with Crippen molar-refractivity contribution in [1.82, 2.24) is 24.4 Å². The lowest BCUT2D eigenvalue weighted by Gasteiger charge is -2.42. The summed E-state index contributed by atoms with van der Waals surface area (Å²) in [4.78, 5) is 40.2. The lowest BCUT2D eigenvalue weighted by Crippen LogP contribution is -2.49. The highest BCUT2D eigenvalue weighted by Crippen LogP contribution is 2.37. The third kappa shape index (κ3) is 3.15. The summed E-state index contributed by atoms with van der Waals surface area (Å²) in [5.41, 5.74) is 13.7. The first-order valence-corrected chi connectivity index (χ1v) is 10.1. The molecule has 5 rings (SSSR count). The number of carbonyl (C=O) groups is 1. The van der Waals surface area contributed by atoms with E-state index < -0.39 is 0 Å². The van der Waals surface area contributed by atoms with E-state index in [1.807, 2.05) is 15.5 Å². The number of nitrogen functional groups attached to an aromatic ring is 2. The topological polar surface area (TPSA) is 133 Å². The summed E-state index contributed by atoms with van der Waals surface area (Å²) in [5.74, 6) is 0.632. The fourth-order valence-electron chi connectivity index (χ4n) is 4.35. The van der Waals surface area contributed by atoms with Crippen LogP contribution in [0.1, 0.15) is 27.7 Å². The van der Waals surface area contributed by atoms with E-state index in [9.17, 15) is 9.59 Å². The van der Waals surface area contributed by atoms with Crippen LogP contribution < -0.4 is 17.0 Å². The molecule has 1 amide bonds. The molecule has 5 heterocycles. The van der Waals surface area contributed by atoms with Crippen molar-refractivity contribution in [3.8, 4) is 11.3 Å². The van der Waals surface area contributed by atoms with E-state index in [2.05, 4.69) is 15.0 Å². The van der Waals surface area contributed by atoms with Gasteiger partial charge in [0.25, 0.3) is 11.5 Å². The molecule has 2 bridgehead atoms. The molecule has 0 unspecified atom stereocenters. The summed E-state index contributed by atoms with van der Waals surface area (Å²) in [6.45, 7) is 1.79. The average Bonchev–Trinajstić information content (AvgIpc) is 3.14. The molecule has 2 aliphatic heterocycles. The Morgan fingerprint density at radius 3 is 2.72 bits per heavy atom. The second-order valence-electron chi connectivity index (χ2n) is 7.52. The van der Waals surface area contributed by atoms with Crippen LogP contribution in [0.25, 0.3) is 11.3 Å². The molecule has 2 aliphatic rings. The lowest BCUT2D eigenvalue weighted by molar-refractivity contribution is 0.0599. The minimum Gasteiger partial charge on any atom is -0.384 e. The Labute approximate surface area is 170 Å². The Hall–Kier alpha value is -3.27. The van der Waals surface area contributed by atoms with Gasteiger partial charge < -0.3 is 20.9 Å². The van der Waals surface area contributed by atoms with E-state index in [1.54, 1.807) is 12.1 Å². The first-order chi connectivity index (χ1) is 14.0. The molecule has 1 fully saturated rings. The third-order valence-corrected chi connectivity index (χ3v) is 6.38. The molecule has 148 valence electrons. The molecule has 0 saturated carbocycles. The van der Waals surface area contributed by atoms with E-state index in [1.165, 1.54) is 23.9 Å². The summed E-state index contributed by atoms with van der Waals surface area (Å²) in [5, 5.41) is 0.385. The number of fused-ring (bicyclic) bond motifs is 4. The van der Waals surface area contributed by atoms with Crippen molar-refractivity contribution in [2.75, 3.05) is 24.6 Å². The Balaban J connectivity index is 1.50. The van der Waals surface area contributed by atoms with Crippen LogP contribution in [0.4, 0.5) is 10.9 Å². The molecule has 29 heavy (non-hydrogen) atoms. The molecular formula is C19H19N7O2S. The van der Waals surface area contributed by atoms with Gasteiger partial charge >= 0.3 is 0 Å². The number of carbonyl (C=O) groups excluding carboxylic acids is 1. The number of anilines is 2. The molecule has 3 aromatic heterocycles. The maximum atomic E-state index is 12.9. The van der Waals surface area contributed by atoms with E-state index in [-0.39, 0.29) is 23.3 Å². The molecule has 0 spiro atoms. The quantitative estimate of drug-likeness (QED) is 0.649. The number of aromatic nitrogens is 4. The van der Waals surface area contributed by atoms with Crippen LogP contribution in [0.2, 0.25) is 0 Å². The molecule has 2 atom stereocenters. The molecular weight excluding hydrogens is 390 g/mol. The average molecular weight is 409 g/mol. The molecule has 9 nitrogen and oxygen atoms in total. The number of piperidine rings is 1. The van der Waals surface area contributed by atoms with Gasteiger partial charge in [-0.05, 0) is 18.4 Å². The highest BCUT2D eigenvalue weighted by Gasteiger charge is 2.37. The molecule has 0 aromatic carbocycles. The standard InChI is InChI=1S/C19H19N7O2S/c20-16-4-13(23-9-24-16)11-2-14-12-1-10(7-26(14)17(27)3-11)6-25(8-12)18(28)15-5-22-19(21)29-15/h2-5,9-10,12H,1,6-8H2,(H2,21,22)(H2,20,23,24)/t10-,12+/m0/s1. The van der Waals surface area contributed by atoms with Crippen LogP contribution in [0.15, 0.2) is 35.5 Å². The van der Waals surface area contributed by atoms with E-state index >= 15 is 0 Å². The zero-order valence-corrected chi connectivity index (χ0v) is 16.3. The van der Waals surface area contributed by atoms with Gasteiger partial charge in [0.15, 0.2) is 5.13 Å². The van der Waals surface area contributed by atoms with Crippen molar-refractivity contribution in [2.24, 2.45) is 5.92 Å². The SMILES string of the molecule is Nc1cc(-c2cc3n(c(=O)c2)C[C@H]2C[C@@H]3CN(C(=O)c3cnc(N)s3)C2)ncn1. The molecule has 0 radical (unpaired) electrons.